The van der Waals surface area contributed by atoms with Crippen molar-refractivity contribution >= 4 is 23.7 Å². The number of esters is 1. The van der Waals surface area contributed by atoms with Gasteiger partial charge in [-0.2, -0.15) is 0 Å². The van der Waals surface area contributed by atoms with Crippen molar-refractivity contribution in [3.05, 3.63) is 0 Å². The van der Waals surface area contributed by atoms with Crippen LogP contribution in [0.1, 0.15) is 39.5 Å². The largest absolute Gasteiger partial charge is 0.456 e. The van der Waals surface area contributed by atoms with E-state index in [0.29, 0.717) is 6.42 Å². The molecule has 3 amide bonds. The summed E-state index contributed by atoms with van der Waals surface area (Å²) in [5.41, 5.74) is -0.879. The van der Waals surface area contributed by atoms with E-state index in [1.165, 1.54) is 6.92 Å². The Balaban J connectivity index is 2.05. The van der Waals surface area contributed by atoms with Gasteiger partial charge in [0, 0.05) is 0 Å². The molecule has 2 atom stereocenters. The second-order valence-electron chi connectivity index (χ2n) is 5.80. The molecule has 2 aliphatic rings. The maximum atomic E-state index is 12.5. The highest BCUT2D eigenvalue weighted by molar-refractivity contribution is 6.09. The van der Waals surface area contributed by atoms with E-state index in [0.717, 1.165) is 24.2 Å². The fourth-order valence-electron chi connectivity index (χ4n) is 3.00. The first kappa shape index (κ1) is 15.5. The van der Waals surface area contributed by atoms with Crippen LogP contribution < -0.4 is 5.32 Å². The van der Waals surface area contributed by atoms with E-state index in [1.54, 1.807) is 0 Å². The second kappa shape index (κ2) is 5.83. The highest BCUT2D eigenvalue weighted by atomic mass is 16.5. The van der Waals surface area contributed by atoms with Crippen molar-refractivity contribution in [2.24, 2.45) is 5.92 Å². The molecule has 0 aromatic heterocycles. The van der Waals surface area contributed by atoms with Crippen molar-refractivity contribution in [2.45, 2.75) is 45.1 Å². The minimum absolute atomic E-state index is 0.0425. The molecular formula is C14H20N2O5. The van der Waals surface area contributed by atoms with Crippen LogP contribution in [0, 0.1) is 5.92 Å². The van der Waals surface area contributed by atoms with Crippen LogP contribution in [-0.4, -0.2) is 47.3 Å². The zero-order valence-electron chi connectivity index (χ0n) is 12.3. The number of rotatable bonds is 4. The number of urea groups is 1. The molecule has 116 valence electrons. The summed E-state index contributed by atoms with van der Waals surface area (Å²) < 4.78 is 4.70. The second-order valence-corrected chi connectivity index (χ2v) is 5.80. The third-order valence-corrected chi connectivity index (χ3v) is 4.23. The van der Waals surface area contributed by atoms with Gasteiger partial charge in [-0.3, -0.25) is 19.3 Å². The Hall–Kier alpha value is -1.92. The minimum Gasteiger partial charge on any atom is -0.456 e. The van der Waals surface area contributed by atoms with Crippen molar-refractivity contribution in [1.29, 1.82) is 0 Å². The first-order valence-electron chi connectivity index (χ1n) is 7.16. The molecule has 1 saturated heterocycles. The molecule has 1 N–H and O–H groups in total. The van der Waals surface area contributed by atoms with Gasteiger partial charge in [-0.25, -0.2) is 4.79 Å². The van der Waals surface area contributed by atoms with E-state index in [1.807, 2.05) is 6.92 Å². The number of nitrogens with one attached hydrogen (secondary N) is 1. The van der Waals surface area contributed by atoms with E-state index in [-0.39, 0.29) is 24.2 Å². The average Bonchev–Trinajstić information content (AvgIpc) is 2.65. The molecular weight excluding hydrogens is 276 g/mol. The molecule has 1 spiro atoms. The maximum Gasteiger partial charge on any atom is 0.326 e. The van der Waals surface area contributed by atoms with Gasteiger partial charge in [0.2, 0.25) is 0 Å². The fraction of sp³-hybridized carbons (Fsp3) is 0.714. The third-order valence-electron chi connectivity index (χ3n) is 4.23. The Morgan fingerprint density at radius 3 is 2.71 bits per heavy atom. The van der Waals surface area contributed by atoms with Gasteiger partial charge >= 0.3 is 12.0 Å². The zero-order valence-corrected chi connectivity index (χ0v) is 12.3. The Kier molecular flexibility index (Phi) is 4.29. The lowest BCUT2D eigenvalue weighted by Gasteiger charge is -2.36. The molecule has 1 aliphatic carbocycles. The highest BCUT2D eigenvalue weighted by Crippen LogP contribution is 2.38. The molecule has 0 unspecified atom stereocenters. The van der Waals surface area contributed by atoms with Crippen LogP contribution in [0.15, 0.2) is 0 Å². The molecule has 1 aliphatic heterocycles. The highest BCUT2D eigenvalue weighted by Gasteiger charge is 2.55. The first-order valence-corrected chi connectivity index (χ1v) is 7.16. The molecule has 7 nitrogen and oxygen atoms in total. The molecule has 0 aromatic carbocycles. The molecule has 2 rings (SSSR count). The quantitative estimate of drug-likeness (QED) is 0.606. The summed E-state index contributed by atoms with van der Waals surface area (Å²) in [5, 5.41) is 2.75. The summed E-state index contributed by atoms with van der Waals surface area (Å²) in [5.74, 6) is -1.37. The lowest BCUT2D eigenvalue weighted by molar-refractivity contribution is -0.150. The van der Waals surface area contributed by atoms with Crippen LogP contribution >= 0.6 is 0 Å². The van der Waals surface area contributed by atoms with Gasteiger partial charge in [-0.05, 0) is 25.7 Å². The van der Waals surface area contributed by atoms with Gasteiger partial charge in [0.25, 0.3) is 5.91 Å². The average molecular weight is 296 g/mol. The molecule has 1 heterocycles. The lowest BCUT2D eigenvalue weighted by Crippen LogP contribution is -2.54. The number of amides is 3. The van der Waals surface area contributed by atoms with Crippen molar-refractivity contribution in [2.75, 3.05) is 13.2 Å². The predicted octanol–water partition coefficient (Wildman–Crippen LogP) is 0.619. The number of Topliss-reactive ketones (excluding diaryl/α,β-unsaturated/α-hetero) is 1. The van der Waals surface area contributed by atoms with Gasteiger partial charge < -0.3 is 10.1 Å². The molecule has 1 saturated carbocycles. The van der Waals surface area contributed by atoms with Crippen LogP contribution in [0.2, 0.25) is 0 Å². The number of imide groups is 1. The fourth-order valence-corrected chi connectivity index (χ4v) is 3.00. The Labute approximate surface area is 123 Å². The molecule has 0 bridgehead atoms. The standard InChI is InChI=1S/C14H20N2O5/c1-9-5-3-4-6-14(9)12(19)16(13(20)15-14)7-11(18)21-8-10(2)17/h9H,3-8H2,1-2H3,(H,15,20)/t9-,14+/m0/s1. The lowest BCUT2D eigenvalue weighted by atomic mass is 9.73. The van der Waals surface area contributed by atoms with Crippen LogP contribution in [0.4, 0.5) is 4.79 Å². The van der Waals surface area contributed by atoms with Crippen LogP contribution in [0.25, 0.3) is 0 Å². The van der Waals surface area contributed by atoms with E-state index < -0.39 is 24.1 Å². The van der Waals surface area contributed by atoms with E-state index in [9.17, 15) is 19.2 Å². The number of ether oxygens (including phenoxy) is 1. The number of hydrogen-bond donors (Lipinski definition) is 1. The molecule has 0 radical (unpaired) electrons. The van der Waals surface area contributed by atoms with E-state index in [4.69, 9.17) is 4.74 Å². The number of nitrogens with zero attached hydrogens (tertiary/aromatic N) is 1. The Bertz CT molecular complexity index is 490. The summed E-state index contributed by atoms with van der Waals surface area (Å²) in [6.45, 7) is 2.44. The molecule has 0 aromatic rings. The monoisotopic (exact) mass is 296 g/mol. The Morgan fingerprint density at radius 2 is 2.10 bits per heavy atom. The van der Waals surface area contributed by atoms with E-state index in [2.05, 4.69) is 5.32 Å². The number of hydrogen-bond acceptors (Lipinski definition) is 5. The van der Waals surface area contributed by atoms with E-state index >= 15 is 0 Å². The number of carbonyl (C=O) groups excluding carboxylic acids is 4. The maximum absolute atomic E-state index is 12.5. The minimum atomic E-state index is -0.879. The molecule has 7 heteroatoms. The van der Waals surface area contributed by atoms with Gasteiger partial charge in [-0.1, -0.05) is 19.8 Å². The molecule has 2 fully saturated rings. The third kappa shape index (κ3) is 2.91. The van der Waals surface area contributed by atoms with Crippen molar-refractivity contribution in [3.8, 4) is 0 Å². The normalized spacial score (nSPS) is 28.7. The zero-order chi connectivity index (χ0) is 15.6. The summed E-state index contributed by atoms with van der Waals surface area (Å²) >= 11 is 0. The van der Waals surface area contributed by atoms with Crippen molar-refractivity contribution < 1.29 is 23.9 Å². The molecule has 21 heavy (non-hydrogen) atoms. The number of ketones is 1. The predicted molar refractivity (Wildman–Crippen MR) is 72.2 cm³/mol. The van der Waals surface area contributed by atoms with Crippen LogP contribution in [0.5, 0.6) is 0 Å². The van der Waals surface area contributed by atoms with Gasteiger partial charge in [0.15, 0.2) is 5.78 Å². The summed E-state index contributed by atoms with van der Waals surface area (Å²) in [6, 6.07) is -0.562. The number of carbonyl (C=O) groups is 4. The summed E-state index contributed by atoms with van der Waals surface area (Å²) in [4.78, 5) is 47.8. The van der Waals surface area contributed by atoms with Crippen LogP contribution in [0.3, 0.4) is 0 Å². The smallest absolute Gasteiger partial charge is 0.326 e. The van der Waals surface area contributed by atoms with Gasteiger partial charge in [0.05, 0.1) is 0 Å². The Morgan fingerprint density at radius 1 is 1.38 bits per heavy atom. The topological polar surface area (TPSA) is 92.8 Å². The van der Waals surface area contributed by atoms with Crippen molar-refractivity contribution in [1.82, 2.24) is 10.2 Å². The van der Waals surface area contributed by atoms with Crippen molar-refractivity contribution in [3.63, 3.8) is 0 Å². The van der Waals surface area contributed by atoms with Gasteiger partial charge in [0.1, 0.15) is 18.7 Å². The van der Waals surface area contributed by atoms with Gasteiger partial charge in [-0.15, -0.1) is 0 Å². The van der Waals surface area contributed by atoms with Crippen LogP contribution in [-0.2, 0) is 19.1 Å². The SMILES string of the molecule is CC(=O)COC(=O)CN1C(=O)N[C@@]2(CCCC[C@@H]2C)C1=O. The first-order chi connectivity index (χ1) is 9.86. The summed E-state index contributed by atoms with van der Waals surface area (Å²) in [7, 11) is 0. The summed E-state index contributed by atoms with van der Waals surface area (Å²) in [6.07, 6.45) is 3.37.